The van der Waals surface area contributed by atoms with Gasteiger partial charge in [-0.3, -0.25) is 5.10 Å². The van der Waals surface area contributed by atoms with E-state index in [1.807, 2.05) is 0 Å². The van der Waals surface area contributed by atoms with Crippen LogP contribution >= 0.6 is 0 Å². The van der Waals surface area contributed by atoms with E-state index in [1.54, 1.807) is 6.92 Å². The molecule has 0 saturated heterocycles. The highest BCUT2D eigenvalue weighted by molar-refractivity contribution is 5.95. The van der Waals surface area contributed by atoms with Crippen molar-refractivity contribution >= 4 is 16.9 Å². The third-order valence-electron chi connectivity index (χ3n) is 2.25. The van der Waals surface area contributed by atoms with Gasteiger partial charge in [0, 0.05) is 11.5 Å². The van der Waals surface area contributed by atoms with Gasteiger partial charge in [-0.15, -0.1) is 0 Å². The highest BCUT2D eigenvalue weighted by Gasteiger charge is 2.15. The van der Waals surface area contributed by atoms with Crippen molar-refractivity contribution in [3.8, 4) is 0 Å². The lowest BCUT2D eigenvalue weighted by molar-refractivity contribution is 0.0596. The molecule has 0 spiro atoms. The largest absolute Gasteiger partial charge is 0.465 e. The molecule has 4 nitrogen and oxygen atoms in total. The second kappa shape index (κ2) is 3.34. The van der Waals surface area contributed by atoms with Crippen LogP contribution in [0.1, 0.15) is 16.1 Å². The zero-order chi connectivity index (χ0) is 11.0. The first-order chi connectivity index (χ1) is 7.13. The SMILES string of the molecule is COC(=O)c1cc2c(C)n[nH]c2cc1F. The number of hydrogen-bond donors (Lipinski definition) is 1. The Labute approximate surface area is 85.0 Å². The number of carbonyl (C=O) groups excluding carboxylic acids is 1. The summed E-state index contributed by atoms with van der Waals surface area (Å²) in [7, 11) is 1.22. The van der Waals surface area contributed by atoms with Crippen molar-refractivity contribution in [2.24, 2.45) is 0 Å². The molecule has 1 aromatic heterocycles. The summed E-state index contributed by atoms with van der Waals surface area (Å²) in [6.07, 6.45) is 0. The quantitative estimate of drug-likeness (QED) is 0.727. The molecule has 0 amide bonds. The number of ether oxygens (including phenoxy) is 1. The minimum atomic E-state index is -0.685. The van der Waals surface area contributed by atoms with Gasteiger partial charge in [0.1, 0.15) is 5.82 Å². The van der Waals surface area contributed by atoms with Crippen molar-refractivity contribution in [3.63, 3.8) is 0 Å². The summed E-state index contributed by atoms with van der Waals surface area (Å²) in [5.41, 5.74) is 1.21. The fraction of sp³-hybridized carbons (Fsp3) is 0.200. The normalized spacial score (nSPS) is 10.6. The lowest BCUT2D eigenvalue weighted by Gasteiger charge is -2.01. The number of benzene rings is 1. The number of aromatic amines is 1. The van der Waals surface area contributed by atoms with Crippen LogP contribution in [-0.4, -0.2) is 23.3 Å². The molecule has 0 aliphatic rings. The molecule has 15 heavy (non-hydrogen) atoms. The first-order valence-corrected chi connectivity index (χ1v) is 4.36. The molecule has 0 saturated carbocycles. The van der Waals surface area contributed by atoms with E-state index in [1.165, 1.54) is 19.2 Å². The Bertz CT molecular complexity index is 533. The van der Waals surface area contributed by atoms with Crippen molar-refractivity contribution < 1.29 is 13.9 Å². The molecule has 0 radical (unpaired) electrons. The van der Waals surface area contributed by atoms with Crippen molar-refractivity contribution in [1.82, 2.24) is 10.2 Å². The Balaban J connectivity index is 2.70. The number of fused-ring (bicyclic) bond motifs is 1. The predicted octanol–water partition coefficient (Wildman–Crippen LogP) is 1.80. The average Bonchev–Trinajstić information content (AvgIpc) is 2.58. The molecule has 0 aliphatic carbocycles. The lowest BCUT2D eigenvalue weighted by atomic mass is 10.1. The molecule has 1 N–H and O–H groups in total. The molecule has 1 heterocycles. The minimum absolute atomic E-state index is 0.0745. The fourth-order valence-electron chi connectivity index (χ4n) is 1.44. The number of esters is 1. The van der Waals surface area contributed by atoms with E-state index in [9.17, 15) is 9.18 Å². The predicted molar refractivity (Wildman–Crippen MR) is 52.1 cm³/mol. The molecule has 1 aromatic carbocycles. The number of methoxy groups -OCH3 is 1. The number of aromatic nitrogens is 2. The zero-order valence-corrected chi connectivity index (χ0v) is 8.30. The molecule has 0 unspecified atom stereocenters. The Kier molecular flexibility index (Phi) is 2.15. The first kappa shape index (κ1) is 9.64. The number of halogens is 1. The maximum atomic E-state index is 13.4. The van der Waals surface area contributed by atoms with Gasteiger partial charge < -0.3 is 4.74 Å². The van der Waals surface area contributed by atoms with E-state index in [0.717, 1.165) is 11.1 Å². The van der Waals surface area contributed by atoms with Crippen LogP contribution in [0.25, 0.3) is 10.9 Å². The van der Waals surface area contributed by atoms with Crippen molar-refractivity contribution in [3.05, 3.63) is 29.2 Å². The highest BCUT2D eigenvalue weighted by Crippen LogP contribution is 2.20. The van der Waals surface area contributed by atoms with Crippen LogP contribution in [0, 0.1) is 12.7 Å². The molecule has 78 valence electrons. The number of H-pyrrole nitrogens is 1. The molecule has 0 aliphatic heterocycles. The van der Waals surface area contributed by atoms with E-state index >= 15 is 0 Å². The van der Waals surface area contributed by atoms with E-state index < -0.39 is 11.8 Å². The minimum Gasteiger partial charge on any atom is -0.465 e. The number of nitrogens with zero attached hydrogens (tertiary/aromatic N) is 1. The standard InChI is InChI=1S/C10H9FN2O2/c1-5-6-3-7(10(14)15-2)8(11)4-9(6)13-12-5/h3-4H,1-2H3,(H,12,13). The maximum absolute atomic E-state index is 13.4. The van der Waals surface area contributed by atoms with E-state index in [2.05, 4.69) is 14.9 Å². The molecule has 0 bridgehead atoms. The lowest BCUT2D eigenvalue weighted by Crippen LogP contribution is -2.04. The Hall–Kier alpha value is -1.91. The van der Waals surface area contributed by atoms with Gasteiger partial charge in [0.25, 0.3) is 0 Å². The summed E-state index contributed by atoms with van der Waals surface area (Å²) in [5.74, 6) is -1.30. The van der Waals surface area contributed by atoms with Gasteiger partial charge >= 0.3 is 5.97 Å². The Morgan fingerprint density at radius 3 is 2.93 bits per heavy atom. The zero-order valence-electron chi connectivity index (χ0n) is 8.30. The number of aryl methyl sites for hydroxylation is 1. The molecule has 0 fully saturated rings. The van der Waals surface area contributed by atoms with Crippen LogP contribution in [0.15, 0.2) is 12.1 Å². The third kappa shape index (κ3) is 1.45. The van der Waals surface area contributed by atoms with Crippen LogP contribution in [-0.2, 0) is 4.74 Å². The average molecular weight is 208 g/mol. The maximum Gasteiger partial charge on any atom is 0.340 e. The van der Waals surface area contributed by atoms with E-state index in [0.29, 0.717) is 5.52 Å². The van der Waals surface area contributed by atoms with Crippen LogP contribution in [0.2, 0.25) is 0 Å². The molecular formula is C10H9FN2O2. The first-order valence-electron chi connectivity index (χ1n) is 4.36. The molecular weight excluding hydrogens is 199 g/mol. The summed E-state index contributed by atoms with van der Waals surface area (Å²) in [6.45, 7) is 1.78. The highest BCUT2D eigenvalue weighted by atomic mass is 19.1. The number of rotatable bonds is 1. The summed E-state index contributed by atoms with van der Waals surface area (Å²) in [5, 5.41) is 7.31. The van der Waals surface area contributed by atoms with Crippen molar-refractivity contribution in [2.75, 3.05) is 7.11 Å². The Morgan fingerprint density at radius 1 is 1.53 bits per heavy atom. The van der Waals surface area contributed by atoms with Gasteiger partial charge in [-0.25, -0.2) is 9.18 Å². The molecule has 5 heteroatoms. The second-order valence-corrected chi connectivity index (χ2v) is 3.18. The number of carbonyl (C=O) groups is 1. The van der Waals surface area contributed by atoms with E-state index in [4.69, 9.17) is 0 Å². The van der Waals surface area contributed by atoms with Gasteiger partial charge in [-0.2, -0.15) is 5.10 Å². The smallest absolute Gasteiger partial charge is 0.340 e. The number of hydrogen-bond acceptors (Lipinski definition) is 3. The second-order valence-electron chi connectivity index (χ2n) is 3.18. The summed E-state index contributed by atoms with van der Waals surface area (Å²) < 4.78 is 17.9. The third-order valence-corrected chi connectivity index (χ3v) is 2.25. The molecule has 2 rings (SSSR count). The van der Waals surface area contributed by atoms with Crippen LogP contribution in [0.3, 0.4) is 0 Å². The van der Waals surface area contributed by atoms with Crippen molar-refractivity contribution in [1.29, 1.82) is 0 Å². The summed E-state index contributed by atoms with van der Waals surface area (Å²) in [6, 6.07) is 2.68. The fourth-order valence-corrected chi connectivity index (χ4v) is 1.44. The van der Waals surface area contributed by atoms with Crippen LogP contribution in [0.4, 0.5) is 4.39 Å². The van der Waals surface area contributed by atoms with Crippen molar-refractivity contribution in [2.45, 2.75) is 6.92 Å². The molecule has 0 atom stereocenters. The van der Waals surface area contributed by atoms with Gasteiger partial charge in [0.15, 0.2) is 0 Å². The van der Waals surface area contributed by atoms with Gasteiger partial charge in [-0.1, -0.05) is 0 Å². The Morgan fingerprint density at radius 2 is 2.27 bits per heavy atom. The van der Waals surface area contributed by atoms with E-state index in [-0.39, 0.29) is 5.56 Å². The molecule has 2 aromatic rings. The van der Waals surface area contributed by atoms with Crippen LogP contribution in [0.5, 0.6) is 0 Å². The summed E-state index contributed by atoms with van der Waals surface area (Å²) >= 11 is 0. The number of nitrogens with one attached hydrogen (secondary N) is 1. The van der Waals surface area contributed by atoms with Gasteiger partial charge in [0.2, 0.25) is 0 Å². The van der Waals surface area contributed by atoms with Gasteiger partial charge in [0.05, 0.1) is 23.9 Å². The topological polar surface area (TPSA) is 55.0 Å². The van der Waals surface area contributed by atoms with Crippen LogP contribution < -0.4 is 0 Å². The monoisotopic (exact) mass is 208 g/mol. The van der Waals surface area contributed by atoms with Gasteiger partial charge in [-0.05, 0) is 13.0 Å². The summed E-state index contributed by atoms with van der Waals surface area (Å²) in [4.78, 5) is 11.2.